The molecule has 9 aliphatic carbocycles. The average Bonchev–Trinajstić information content (AvgIpc) is 3.78. The zero-order valence-electron chi connectivity index (χ0n) is 32.7. The molecule has 6 aromatic rings. The number of oxazole rings is 1. The lowest BCUT2D eigenvalue weighted by atomic mass is 9.49. The molecule has 5 nitrogen and oxygen atoms in total. The smallest absolute Gasteiger partial charge is 0.182 e. The van der Waals surface area contributed by atoms with Crippen molar-refractivity contribution in [2.24, 2.45) is 35.5 Å². The monoisotopic (exact) mass is 734 g/mol. The van der Waals surface area contributed by atoms with Crippen LogP contribution in [-0.2, 0) is 16.2 Å². The van der Waals surface area contributed by atoms with Gasteiger partial charge in [0, 0.05) is 32.9 Å². The minimum atomic E-state index is -0.0584. The number of rotatable bonds is 5. The molecule has 0 spiro atoms. The van der Waals surface area contributed by atoms with Crippen molar-refractivity contribution >= 4 is 11.1 Å². The van der Waals surface area contributed by atoms with Crippen LogP contribution in [0.25, 0.3) is 55.9 Å². The van der Waals surface area contributed by atoms with Gasteiger partial charge in [-0.05, 0) is 158 Å². The number of hydrogen-bond donors (Lipinski definition) is 0. The van der Waals surface area contributed by atoms with Crippen molar-refractivity contribution in [2.45, 2.75) is 107 Å². The van der Waals surface area contributed by atoms with E-state index < -0.39 is 0 Å². The van der Waals surface area contributed by atoms with E-state index in [0.717, 1.165) is 86.3 Å². The van der Waals surface area contributed by atoms with E-state index in [1.54, 1.807) is 6.39 Å². The van der Waals surface area contributed by atoms with Gasteiger partial charge in [0.1, 0.15) is 17.2 Å². The standard InChI is InChI=1S/C51H50N4O/c1-49(2)42-6-4-3-5-40(42)41-12-11-37(21-43(41)49)38-13-14-39(45-44(38)52-28-56-45)35-7-9-36(10-8-35)46-53-47(50-22-29-15-30(23-50)17-31(16-29)24-50)55-48(54-46)51-25-32-18-33(26-51)20-34(19-32)27-51/h3-14,21,28-34H,15-20,22-27H2,1-2H3. The molecule has 4 aromatic carbocycles. The highest BCUT2D eigenvalue weighted by Crippen LogP contribution is 2.62. The van der Waals surface area contributed by atoms with Gasteiger partial charge < -0.3 is 4.42 Å². The van der Waals surface area contributed by atoms with Gasteiger partial charge in [-0.3, -0.25) is 0 Å². The van der Waals surface area contributed by atoms with Crippen LogP contribution in [0.2, 0.25) is 0 Å². The minimum absolute atomic E-state index is 0.0584. The third-order valence-corrected chi connectivity index (χ3v) is 16.5. The van der Waals surface area contributed by atoms with Gasteiger partial charge in [-0.2, -0.15) is 0 Å². The summed E-state index contributed by atoms with van der Waals surface area (Å²) >= 11 is 0. The van der Waals surface area contributed by atoms with E-state index >= 15 is 0 Å². The van der Waals surface area contributed by atoms with Crippen molar-refractivity contribution in [3.8, 4) is 44.8 Å². The van der Waals surface area contributed by atoms with E-state index in [1.807, 2.05) is 0 Å². The quantitative estimate of drug-likeness (QED) is 0.176. The molecule has 0 unspecified atom stereocenters. The first-order valence-electron chi connectivity index (χ1n) is 21.8. The van der Waals surface area contributed by atoms with Crippen LogP contribution in [0, 0.1) is 35.5 Å². The number of nitrogens with zero attached hydrogens (tertiary/aromatic N) is 4. The maximum Gasteiger partial charge on any atom is 0.182 e. The second-order valence-corrected chi connectivity index (χ2v) is 20.4. The normalized spacial score (nSPS) is 32.6. The molecule has 9 aliphatic rings. The molecule has 0 saturated heterocycles. The number of aromatic nitrogens is 4. The Morgan fingerprint density at radius 1 is 0.500 bits per heavy atom. The van der Waals surface area contributed by atoms with E-state index in [4.69, 9.17) is 24.4 Å². The Hall–Kier alpha value is -4.64. The molecule has 8 saturated carbocycles. The first kappa shape index (κ1) is 32.4. The first-order chi connectivity index (χ1) is 27.3. The van der Waals surface area contributed by atoms with Crippen LogP contribution in [0.5, 0.6) is 0 Å². The molecule has 2 aromatic heterocycles. The molecule has 0 N–H and O–H groups in total. The molecule has 0 radical (unpaired) electrons. The second-order valence-electron chi connectivity index (χ2n) is 20.4. The number of hydrogen-bond acceptors (Lipinski definition) is 5. The van der Waals surface area contributed by atoms with Crippen molar-refractivity contribution in [3.63, 3.8) is 0 Å². The van der Waals surface area contributed by atoms with Crippen LogP contribution < -0.4 is 0 Å². The van der Waals surface area contributed by atoms with Gasteiger partial charge in [-0.15, -0.1) is 0 Å². The van der Waals surface area contributed by atoms with E-state index in [9.17, 15) is 0 Å². The lowest BCUT2D eigenvalue weighted by molar-refractivity contribution is -0.0155. The summed E-state index contributed by atoms with van der Waals surface area (Å²) in [6.07, 6.45) is 17.9. The molecule has 8 bridgehead atoms. The predicted molar refractivity (Wildman–Crippen MR) is 221 cm³/mol. The molecule has 15 rings (SSSR count). The summed E-state index contributed by atoms with van der Waals surface area (Å²) in [6.45, 7) is 4.68. The van der Waals surface area contributed by atoms with Gasteiger partial charge in [-0.1, -0.05) is 80.6 Å². The number of benzene rings is 4. The topological polar surface area (TPSA) is 64.7 Å². The van der Waals surface area contributed by atoms with Gasteiger partial charge in [-0.25, -0.2) is 19.9 Å². The summed E-state index contributed by atoms with van der Waals surface area (Å²) in [4.78, 5) is 21.5. The Kier molecular flexibility index (Phi) is 6.53. The molecular weight excluding hydrogens is 685 g/mol. The zero-order chi connectivity index (χ0) is 37.0. The van der Waals surface area contributed by atoms with E-state index in [0.29, 0.717) is 0 Å². The van der Waals surface area contributed by atoms with Crippen LogP contribution in [0.4, 0.5) is 0 Å². The predicted octanol–water partition coefficient (Wildman–Crippen LogP) is 12.3. The van der Waals surface area contributed by atoms with E-state index in [1.165, 1.54) is 105 Å². The van der Waals surface area contributed by atoms with Gasteiger partial charge in [0.05, 0.1) is 0 Å². The van der Waals surface area contributed by atoms with E-state index in [2.05, 4.69) is 92.7 Å². The van der Waals surface area contributed by atoms with Crippen LogP contribution >= 0.6 is 0 Å². The molecule has 280 valence electrons. The highest BCUT2D eigenvalue weighted by Gasteiger charge is 2.56. The Morgan fingerprint density at radius 2 is 1.00 bits per heavy atom. The van der Waals surface area contributed by atoms with Crippen LogP contribution in [0.3, 0.4) is 0 Å². The Bertz CT molecular complexity index is 2460. The van der Waals surface area contributed by atoms with Crippen molar-refractivity contribution in [1.82, 2.24) is 19.9 Å². The third kappa shape index (κ3) is 4.60. The summed E-state index contributed by atoms with van der Waals surface area (Å²) in [5.41, 5.74) is 12.9. The van der Waals surface area contributed by atoms with Gasteiger partial charge in [0.2, 0.25) is 0 Å². The third-order valence-electron chi connectivity index (χ3n) is 16.5. The molecule has 8 fully saturated rings. The van der Waals surface area contributed by atoms with Crippen LogP contribution in [0.1, 0.15) is 114 Å². The lowest BCUT2D eigenvalue weighted by Crippen LogP contribution is -2.51. The average molecular weight is 735 g/mol. The fraction of sp³-hybridized carbons (Fsp3) is 0.451. The van der Waals surface area contributed by atoms with Gasteiger partial charge in [0.15, 0.2) is 17.8 Å². The highest BCUT2D eigenvalue weighted by atomic mass is 16.3. The fourth-order valence-electron chi connectivity index (χ4n) is 14.8. The van der Waals surface area contributed by atoms with Crippen molar-refractivity contribution < 1.29 is 4.42 Å². The maximum absolute atomic E-state index is 6.19. The molecule has 0 aliphatic heterocycles. The Balaban J connectivity index is 0.875. The van der Waals surface area contributed by atoms with Crippen molar-refractivity contribution in [3.05, 3.63) is 108 Å². The summed E-state index contributed by atoms with van der Waals surface area (Å²) in [5.74, 6) is 8.33. The SMILES string of the molecule is CC1(C)c2ccccc2-c2ccc(-c3ccc(-c4ccc(-c5nc(C67CC8CC(CC(C8)C6)C7)nc(C67CC8CC(CC(C8)C6)C7)n5)cc4)c4ocnc34)cc21. The first-order valence-corrected chi connectivity index (χ1v) is 21.8. The maximum atomic E-state index is 6.19. The minimum Gasteiger partial charge on any atom is -0.443 e. The van der Waals surface area contributed by atoms with Gasteiger partial charge >= 0.3 is 0 Å². The second kappa shape index (κ2) is 11.3. The zero-order valence-corrected chi connectivity index (χ0v) is 32.7. The summed E-state index contributed by atoms with van der Waals surface area (Å²) in [7, 11) is 0. The van der Waals surface area contributed by atoms with Crippen LogP contribution in [-0.4, -0.2) is 19.9 Å². The van der Waals surface area contributed by atoms with Crippen molar-refractivity contribution in [2.75, 3.05) is 0 Å². The largest absolute Gasteiger partial charge is 0.443 e. The van der Waals surface area contributed by atoms with Crippen LogP contribution in [0.15, 0.2) is 89.7 Å². The molecule has 0 atom stereocenters. The van der Waals surface area contributed by atoms with Gasteiger partial charge in [0.25, 0.3) is 0 Å². The van der Waals surface area contributed by atoms with Crippen molar-refractivity contribution in [1.29, 1.82) is 0 Å². The van der Waals surface area contributed by atoms with E-state index in [-0.39, 0.29) is 16.2 Å². The number of fused-ring (bicyclic) bond motifs is 4. The summed E-state index contributed by atoms with van der Waals surface area (Å²) in [5, 5.41) is 0. The Morgan fingerprint density at radius 3 is 1.61 bits per heavy atom. The highest BCUT2D eigenvalue weighted by molar-refractivity contribution is 6.00. The molecule has 5 heteroatoms. The summed E-state index contributed by atoms with van der Waals surface area (Å²) < 4.78 is 6.19. The molecular formula is C51H50N4O. The lowest BCUT2D eigenvalue weighted by Gasteiger charge is -2.57. The molecule has 2 heterocycles. The summed E-state index contributed by atoms with van der Waals surface area (Å²) in [6, 6.07) is 29.1. The Labute approximate surface area is 329 Å². The molecule has 56 heavy (non-hydrogen) atoms. The molecule has 0 amide bonds. The fourth-order valence-corrected chi connectivity index (χ4v) is 14.8.